The van der Waals surface area contributed by atoms with Crippen molar-refractivity contribution in [1.29, 1.82) is 0 Å². The van der Waals surface area contributed by atoms with Crippen LogP contribution in [0.25, 0.3) is 0 Å². The Morgan fingerprint density at radius 1 is 1.04 bits per heavy atom. The van der Waals surface area contributed by atoms with E-state index in [1.807, 2.05) is 36.3 Å². The second kappa shape index (κ2) is 9.15. The summed E-state index contributed by atoms with van der Waals surface area (Å²) in [6.07, 6.45) is 0. The van der Waals surface area contributed by atoms with Crippen LogP contribution < -0.4 is 5.32 Å². The lowest BCUT2D eigenvalue weighted by molar-refractivity contribution is -0.136. The van der Waals surface area contributed by atoms with Gasteiger partial charge >= 0.3 is 0 Å². The van der Waals surface area contributed by atoms with Crippen molar-refractivity contribution in [2.24, 2.45) is 5.92 Å². The number of carbonyl (C=O) groups excluding carboxylic acids is 2. The molecule has 1 aromatic heterocycles. The minimum absolute atomic E-state index is 0.0225. The maximum Gasteiger partial charge on any atom is 0.262 e. The number of rotatable bonds is 6. The minimum atomic E-state index is -0.486. The Morgan fingerprint density at radius 3 is 2.33 bits per heavy atom. The molecule has 2 amide bonds. The first-order chi connectivity index (χ1) is 13.0. The Bertz CT molecular complexity index is 738. The highest BCUT2D eigenvalue weighted by molar-refractivity contribution is 7.12. The van der Waals surface area contributed by atoms with E-state index in [0.717, 1.165) is 19.6 Å². The second-order valence-corrected chi connectivity index (χ2v) is 8.21. The summed E-state index contributed by atoms with van der Waals surface area (Å²) in [7, 11) is 0. The van der Waals surface area contributed by atoms with Crippen LogP contribution in [0.15, 0.2) is 47.8 Å². The van der Waals surface area contributed by atoms with Crippen molar-refractivity contribution in [3.8, 4) is 0 Å². The predicted molar refractivity (Wildman–Crippen MR) is 109 cm³/mol. The fourth-order valence-corrected chi connectivity index (χ4v) is 3.93. The van der Waals surface area contributed by atoms with E-state index < -0.39 is 6.04 Å². The quantitative estimate of drug-likeness (QED) is 0.832. The number of thiophene rings is 1. The van der Waals surface area contributed by atoms with Gasteiger partial charge in [-0.1, -0.05) is 50.2 Å². The number of nitrogens with zero attached hydrogens (tertiary/aromatic N) is 2. The molecule has 6 heteroatoms. The van der Waals surface area contributed by atoms with Crippen LogP contribution in [0.4, 0.5) is 0 Å². The van der Waals surface area contributed by atoms with Gasteiger partial charge in [-0.3, -0.25) is 14.5 Å². The van der Waals surface area contributed by atoms with Crippen molar-refractivity contribution in [3.63, 3.8) is 0 Å². The summed E-state index contributed by atoms with van der Waals surface area (Å²) in [5.41, 5.74) is 1.29. The van der Waals surface area contributed by atoms with Crippen molar-refractivity contribution in [1.82, 2.24) is 15.1 Å². The van der Waals surface area contributed by atoms with E-state index in [2.05, 4.69) is 34.5 Å². The van der Waals surface area contributed by atoms with E-state index >= 15 is 0 Å². The first kappa shape index (κ1) is 19.6. The van der Waals surface area contributed by atoms with Gasteiger partial charge in [0, 0.05) is 32.7 Å². The third kappa shape index (κ3) is 5.17. The molecule has 0 radical (unpaired) electrons. The summed E-state index contributed by atoms with van der Waals surface area (Å²) >= 11 is 1.39. The maximum absolute atomic E-state index is 13.0. The van der Waals surface area contributed by atoms with Crippen LogP contribution in [0.5, 0.6) is 0 Å². The van der Waals surface area contributed by atoms with Crippen molar-refractivity contribution in [2.75, 3.05) is 26.2 Å². The highest BCUT2D eigenvalue weighted by Gasteiger charge is 2.31. The van der Waals surface area contributed by atoms with Crippen molar-refractivity contribution >= 4 is 23.2 Å². The summed E-state index contributed by atoms with van der Waals surface area (Å²) in [5, 5.41) is 4.80. The van der Waals surface area contributed by atoms with Gasteiger partial charge < -0.3 is 10.2 Å². The van der Waals surface area contributed by atoms with Gasteiger partial charge in [0.05, 0.1) is 4.88 Å². The lowest BCUT2D eigenvalue weighted by Crippen LogP contribution is -2.56. The zero-order valence-corrected chi connectivity index (χ0v) is 16.7. The normalized spacial score (nSPS) is 16.3. The molecule has 1 atom stereocenters. The third-order valence-electron chi connectivity index (χ3n) is 4.90. The van der Waals surface area contributed by atoms with Crippen LogP contribution in [0.3, 0.4) is 0 Å². The first-order valence-corrected chi connectivity index (χ1v) is 10.3. The van der Waals surface area contributed by atoms with Crippen molar-refractivity contribution in [3.05, 3.63) is 58.3 Å². The van der Waals surface area contributed by atoms with Gasteiger partial charge in [0.15, 0.2) is 0 Å². The smallest absolute Gasteiger partial charge is 0.262 e. The van der Waals surface area contributed by atoms with Crippen LogP contribution in [-0.2, 0) is 11.3 Å². The van der Waals surface area contributed by atoms with E-state index in [1.165, 1.54) is 16.9 Å². The first-order valence-electron chi connectivity index (χ1n) is 9.44. The molecular weight excluding hydrogens is 358 g/mol. The Morgan fingerprint density at radius 2 is 1.74 bits per heavy atom. The maximum atomic E-state index is 13.0. The summed E-state index contributed by atoms with van der Waals surface area (Å²) in [6, 6.07) is 13.5. The van der Waals surface area contributed by atoms with E-state index in [1.54, 1.807) is 6.07 Å². The highest BCUT2D eigenvalue weighted by atomic mass is 32.1. The SMILES string of the molecule is CC(C)C(NC(=O)c1cccs1)C(=O)N1CCN(Cc2ccccc2)CC1. The summed E-state index contributed by atoms with van der Waals surface area (Å²) in [6.45, 7) is 7.96. The van der Waals surface area contributed by atoms with Crippen LogP contribution in [0.1, 0.15) is 29.1 Å². The molecule has 27 heavy (non-hydrogen) atoms. The molecule has 2 aromatic rings. The second-order valence-electron chi connectivity index (χ2n) is 7.26. The largest absolute Gasteiger partial charge is 0.339 e. The van der Waals surface area contributed by atoms with Crippen LogP contribution >= 0.6 is 11.3 Å². The van der Waals surface area contributed by atoms with Crippen molar-refractivity contribution in [2.45, 2.75) is 26.4 Å². The van der Waals surface area contributed by atoms with Gasteiger partial charge in [0.1, 0.15) is 6.04 Å². The summed E-state index contributed by atoms with van der Waals surface area (Å²) < 4.78 is 0. The Balaban J connectivity index is 1.55. The molecule has 2 heterocycles. The fourth-order valence-electron chi connectivity index (χ4n) is 3.30. The number of carbonyl (C=O) groups is 2. The van der Waals surface area contributed by atoms with Gasteiger partial charge in [0.2, 0.25) is 5.91 Å². The molecule has 5 nitrogen and oxygen atoms in total. The zero-order valence-electron chi connectivity index (χ0n) is 15.9. The Kier molecular flexibility index (Phi) is 6.63. The molecule has 1 fully saturated rings. The molecule has 1 N–H and O–H groups in total. The van der Waals surface area contributed by atoms with E-state index in [9.17, 15) is 9.59 Å². The van der Waals surface area contributed by atoms with E-state index in [0.29, 0.717) is 18.0 Å². The van der Waals surface area contributed by atoms with Gasteiger partial charge in [-0.05, 0) is 22.9 Å². The molecule has 0 bridgehead atoms. The minimum Gasteiger partial charge on any atom is -0.339 e. The number of nitrogens with one attached hydrogen (secondary N) is 1. The Hall–Kier alpha value is -2.18. The number of piperazine rings is 1. The van der Waals surface area contributed by atoms with Gasteiger partial charge in [-0.2, -0.15) is 0 Å². The van der Waals surface area contributed by atoms with E-state index in [4.69, 9.17) is 0 Å². The molecule has 1 aliphatic rings. The molecule has 1 saturated heterocycles. The van der Waals surface area contributed by atoms with Gasteiger partial charge in [0.25, 0.3) is 5.91 Å². The van der Waals surface area contributed by atoms with Crippen LogP contribution in [0, 0.1) is 5.92 Å². The molecule has 0 spiro atoms. The lowest BCUT2D eigenvalue weighted by atomic mass is 10.0. The number of hydrogen-bond donors (Lipinski definition) is 1. The molecule has 1 unspecified atom stereocenters. The van der Waals surface area contributed by atoms with Crippen LogP contribution in [0.2, 0.25) is 0 Å². The van der Waals surface area contributed by atoms with E-state index in [-0.39, 0.29) is 17.7 Å². The molecule has 0 saturated carbocycles. The average Bonchev–Trinajstić information content (AvgIpc) is 3.21. The Labute approximate surface area is 165 Å². The molecule has 0 aliphatic carbocycles. The average molecular weight is 386 g/mol. The molecule has 144 valence electrons. The summed E-state index contributed by atoms with van der Waals surface area (Å²) in [4.78, 5) is 30.3. The van der Waals surface area contributed by atoms with Gasteiger partial charge in [-0.25, -0.2) is 0 Å². The number of hydrogen-bond acceptors (Lipinski definition) is 4. The third-order valence-corrected chi connectivity index (χ3v) is 5.77. The monoisotopic (exact) mass is 385 g/mol. The number of benzene rings is 1. The van der Waals surface area contributed by atoms with Crippen LogP contribution in [-0.4, -0.2) is 53.8 Å². The summed E-state index contributed by atoms with van der Waals surface area (Å²) in [5.74, 6) is -0.0993. The molecule has 1 aliphatic heterocycles. The lowest BCUT2D eigenvalue weighted by Gasteiger charge is -2.37. The topological polar surface area (TPSA) is 52.7 Å². The fraction of sp³-hybridized carbons (Fsp3) is 0.429. The number of amides is 2. The molecule has 3 rings (SSSR count). The highest BCUT2D eigenvalue weighted by Crippen LogP contribution is 2.14. The standard InChI is InChI=1S/C21H27N3O2S/c1-16(2)19(22-20(25)18-9-6-14-27-18)21(26)24-12-10-23(11-13-24)15-17-7-4-3-5-8-17/h3-9,14,16,19H,10-13,15H2,1-2H3,(H,22,25). The van der Waals surface area contributed by atoms with Gasteiger partial charge in [-0.15, -0.1) is 11.3 Å². The molecule has 1 aromatic carbocycles. The molecular formula is C21H27N3O2S. The predicted octanol–water partition coefficient (Wildman–Crippen LogP) is 2.85. The zero-order chi connectivity index (χ0) is 19.2. The van der Waals surface area contributed by atoms with Crippen molar-refractivity contribution < 1.29 is 9.59 Å².